The van der Waals surface area contributed by atoms with Crippen molar-refractivity contribution in [1.82, 2.24) is 15.1 Å². The molecule has 0 unspecified atom stereocenters. The molecule has 0 spiro atoms. The molecule has 0 aliphatic heterocycles. The number of nitrogens with zero attached hydrogens (tertiary/aromatic N) is 2. The average molecular weight is 563 g/mol. The zero-order valence-electron chi connectivity index (χ0n) is 19.1. The van der Waals surface area contributed by atoms with Gasteiger partial charge in [0.1, 0.15) is 12.4 Å². The van der Waals surface area contributed by atoms with Gasteiger partial charge in [0, 0.05) is 27.7 Å². The van der Waals surface area contributed by atoms with Crippen LogP contribution < -0.4 is 5.32 Å². The number of hydrogen-bond donors (Lipinski definition) is 2. The summed E-state index contributed by atoms with van der Waals surface area (Å²) in [4.78, 5) is 24.4. The lowest BCUT2D eigenvalue weighted by Crippen LogP contribution is -2.24. The normalized spacial score (nSPS) is 10.9. The van der Waals surface area contributed by atoms with Crippen molar-refractivity contribution in [3.8, 4) is 16.9 Å². The Morgan fingerprint density at radius 2 is 1.65 bits per heavy atom. The molecule has 0 saturated heterocycles. The largest absolute Gasteiger partial charge is 0.480 e. The molecule has 1 heterocycles. The molecule has 0 bridgehead atoms. The van der Waals surface area contributed by atoms with Crippen molar-refractivity contribution in [3.63, 3.8) is 0 Å². The standard InChI is InChI=1S/C26H19Cl3FN3O4/c27-17-5-3-16(4-6-17)25-20(13-37-14-23(34)35)24(26(36)31-12-15-1-8-19(30)9-2-15)32-33(25)22-10-7-18(28)11-21(22)29/h1-11H,12-14H2,(H,31,36)(H,34,35). The van der Waals surface area contributed by atoms with Crippen molar-refractivity contribution >= 4 is 46.7 Å². The van der Waals surface area contributed by atoms with E-state index in [1.807, 2.05) is 0 Å². The van der Waals surface area contributed by atoms with Gasteiger partial charge in [0.25, 0.3) is 5.91 Å². The molecular formula is C26H19Cl3FN3O4. The van der Waals surface area contributed by atoms with Crippen molar-refractivity contribution in [3.05, 3.63) is 104 Å². The first-order valence-corrected chi connectivity index (χ1v) is 12.0. The number of carbonyl (C=O) groups is 2. The number of benzene rings is 3. The van der Waals surface area contributed by atoms with Gasteiger partial charge in [0.2, 0.25) is 0 Å². The smallest absolute Gasteiger partial charge is 0.329 e. The number of ether oxygens (including phenoxy) is 1. The molecule has 0 aliphatic rings. The van der Waals surface area contributed by atoms with Gasteiger partial charge >= 0.3 is 5.97 Å². The van der Waals surface area contributed by atoms with Crippen LogP contribution in [0.3, 0.4) is 0 Å². The van der Waals surface area contributed by atoms with Gasteiger partial charge in [-0.3, -0.25) is 4.79 Å². The summed E-state index contributed by atoms with van der Waals surface area (Å²) in [6.07, 6.45) is 0. The summed E-state index contributed by atoms with van der Waals surface area (Å²) in [5.74, 6) is -2.10. The Bertz CT molecular complexity index is 1440. The third-order valence-corrected chi connectivity index (χ3v) is 6.08. The molecule has 37 heavy (non-hydrogen) atoms. The van der Waals surface area contributed by atoms with Crippen molar-refractivity contribution in [2.45, 2.75) is 13.2 Å². The summed E-state index contributed by atoms with van der Waals surface area (Å²) in [5.41, 5.74) is 2.55. The monoisotopic (exact) mass is 561 g/mol. The second-order valence-corrected chi connectivity index (χ2v) is 9.17. The van der Waals surface area contributed by atoms with Crippen LogP contribution in [-0.2, 0) is 22.7 Å². The van der Waals surface area contributed by atoms with Gasteiger partial charge in [-0.25, -0.2) is 13.9 Å². The first-order valence-electron chi connectivity index (χ1n) is 10.9. The van der Waals surface area contributed by atoms with E-state index in [4.69, 9.17) is 44.6 Å². The summed E-state index contributed by atoms with van der Waals surface area (Å²) in [6, 6.07) is 17.3. The molecule has 2 N–H and O–H groups in total. The number of hydrogen-bond acceptors (Lipinski definition) is 4. The Labute approximate surface area is 226 Å². The van der Waals surface area contributed by atoms with E-state index in [2.05, 4.69) is 10.4 Å². The fourth-order valence-electron chi connectivity index (χ4n) is 3.61. The van der Waals surface area contributed by atoms with Gasteiger partial charge in [-0.1, -0.05) is 59.1 Å². The number of nitrogens with one attached hydrogen (secondary N) is 1. The molecule has 0 atom stereocenters. The molecule has 4 rings (SSSR count). The summed E-state index contributed by atoms with van der Waals surface area (Å²) in [7, 11) is 0. The second kappa shape index (κ2) is 11.7. The van der Waals surface area contributed by atoms with Crippen LogP contribution in [0.15, 0.2) is 66.7 Å². The van der Waals surface area contributed by atoms with E-state index < -0.39 is 18.5 Å². The summed E-state index contributed by atoms with van der Waals surface area (Å²) >= 11 is 18.7. The maximum absolute atomic E-state index is 13.3. The van der Waals surface area contributed by atoms with E-state index in [0.29, 0.717) is 38.1 Å². The van der Waals surface area contributed by atoms with Crippen LogP contribution >= 0.6 is 34.8 Å². The lowest BCUT2D eigenvalue weighted by atomic mass is 10.1. The molecule has 1 amide bonds. The first kappa shape index (κ1) is 26.6. The lowest BCUT2D eigenvalue weighted by Gasteiger charge is -2.12. The highest BCUT2D eigenvalue weighted by molar-refractivity contribution is 6.35. The third kappa shape index (κ3) is 6.47. The van der Waals surface area contributed by atoms with Gasteiger partial charge in [-0.2, -0.15) is 5.10 Å². The molecule has 11 heteroatoms. The molecule has 0 fully saturated rings. The number of aliphatic carboxylic acids is 1. The predicted molar refractivity (Wildman–Crippen MR) is 139 cm³/mol. The number of carboxylic acid groups (broad SMARTS) is 1. The van der Waals surface area contributed by atoms with Crippen molar-refractivity contribution in [2.24, 2.45) is 0 Å². The Hall–Kier alpha value is -3.43. The maximum Gasteiger partial charge on any atom is 0.329 e. The van der Waals surface area contributed by atoms with E-state index in [1.165, 1.54) is 16.8 Å². The predicted octanol–water partition coefficient (Wildman–Crippen LogP) is 6.17. The Balaban J connectivity index is 1.82. The Morgan fingerprint density at radius 3 is 2.30 bits per heavy atom. The lowest BCUT2D eigenvalue weighted by molar-refractivity contribution is -0.142. The number of amides is 1. The van der Waals surface area contributed by atoms with Crippen molar-refractivity contribution < 1.29 is 23.8 Å². The summed E-state index contributed by atoms with van der Waals surface area (Å²) < 4.78 is 20.1. The number of carboxylic acids is 1. The van der Waals surface area contributed by atoms with E-state index in [9.17, 15) is 14.0 Å². The van der Waals surface area contributed by atoms with Crippen LogP contribution in [0, 0.1) is 5.82 Å². The molecular weight excluding hydrogens is 544 g/mol. The van der Waals surface area contributed by atoms with Crippen molar-refractivity contribution in [2.75, 3.05) is 6.61 Å². The van der Waals surface area contributed by atoms with E-state index in [1.54, 1.807) is 54.6 Å². The van der Waals surface area contributed by atoms with Gasteiger partial charge < -0.3 is 15.2 Å². The fraction of sp³-hybridized carbons (Fsp3) is 0.115. The quantitative estimate of drug-likeness (QED) is 0.254. The molecule has 0 radical (unpaired) electrons. The van der Waals surface area contributed by atoms with E-state index >= 15 is 0 Å². The van der Waals surface area contributed by atoms with E-state index in [0.717, 1.165) is 0 Å². The highest BCUT2D eigenvalue weighted by atomic mass is 35.5. The van der Waals surface area contributed by atoms with Gasteiger partial charge in [0.15, 0.2) is 5.69 Å². The zero-order chi connectivity index (χ0) is 26.5. The minimum Gasteiger partial charge on any atom is -0.480 e. The van der Waals surface area contributed by atoms with Gasteiger partial charge in [-0.15, -0.1) is 0 Å². The topological polar surface area (TPSA) is 93.4 Å². The summed E-state index contributed by atoms with van der Waals surface area (Å²) in [6.45, 7) is -0.697. The maximum atomic E-state index is 13.3. The highest BCUT2D eigenvalue weighted by Crippen LogP contribution is 2.34. The van der Waals surface area contributed by atoms with Crippen LogP contribution in [0.5, 0.6) is 0 Å². The molecule has 1 aromatic heterocycles. The minimum absolute atomic E-state index is 0.00321. The molecule has 0 aliphatic carbocycles. The fourth-order valence-corrected chi connectivity index (χ4v) is 4.22. The van der Waals surface area contributed by atoms with E-state index in [-0.39, 0.29) is 29.7 Å². The second-order valence-electron chi connectivity index (χ2n) is 7.89. The third-order valence-electron chi connectivity index (χ3n) is 5.29. The SMILES string of the molecule is O=C(O)COCc1c(C(=O)NCc2ccc(F)cc2)nn(-c2ccc(Cl)cc2Cl)c1-c1ccc(Cl)cc1. The van der Waals surface area contributed by atoms with Crippen LogP contribution in [0.4, 0.5) is 4.39 Å². The highest BCUT2D eigenvalue weighted by Gasteiger charge is 2.26. The molecule has 0 saturated carbocycles. The molecule has 4 aromatic rings. The molecule has 3 aromatic carbocycles. The van der Waals surface area contributed by atoms with Crippen LogP contribution in [0.2, 0.25) is 15.1 Å². The van der Waals surface area contributed by atoms with Gasteiger partial charge in [0.05, 0.1) is 23.0 Å². The molecule has 190 valence electrons. The number of rotatable bonds is 9. The Morgan fingerprint density at radius 1 is 0.973 bits per heavy atom. The zero-order valence-corrected chi connectivity index (χ0v) is 21.3. The number of halogens is 4. The number of carbonyl (C=O) groups excluding carboxylic acids is 1. The van der Waals surface area contributed by atoms with Crippen LogP contribution in [0.25, 0.3) is 16.9 Å². The average Bonchev–Trinajstić information content (AvgIpc) is 3.23. The summed E-state index contributed by atoms with van der Waals surface area (Å²) in [5, 5.41) is 17.6. The molecule has 7 nitrogen and oxygen atoms in total. The van der Waals surface area contributed by atoms with Gasteiger partial charge in [-0.05, 0) is 48.0 Å². The van der Waals surface area contributed by atoms with Crippen molar-refractivity contribution in [1.29, 1.82) is 0 Å². The Kier molecular flexibility index (Phi) is 8.45. The first-order chi connectivity index (χ1) is 17.7. The number of aromatic nitrogens is 2. The van der Waals surface area contributed by atoms with Crippen LogP contribution in [-0.4, -0.2) is 33.4 Å². The minimum atomic E-state index is -1.16. The van der Waals surface area contributed by atoms with Crippen LogP contribution in [0.1, 0.15) is 21.6 Å².